The van der Waals surface area contributed by atoms with E-state index < -0.39 is 15.9 Å². The van der Waals surface area contributed by atoms with Crippen LogP contribution in [0.4, 0.5) is 11.4 Å². The van der Waals surface area contributed by atoms with E-state index in [1.165, 1.54) is 36.1 Å². The Hall–Kier alpha value is -2.75. The van der Waals surface area contributed by atoms with Crippen LogP contribution < -0.4 is 10.2 Å². The minimum absolute atomic E-state index is 0.0388. The summed E-state index contributed by atoms with van der Waals surface area (Å²) in [6.07, 6.45) is 6.67. The first-order valence-electron chi connectivity index (χ1n) is 13.8. The largest absolute Gasteiger partial charge is 0.326 e. The number of piperidine rings is 2. The second-order valence-corrected chi connectivity index (χ2v) is 12.7. The number of likely N-dealkylation sites (tertiary alicyclic amines) is 1. The molecule has 8 nitrogen and oxygen atoms in total. The van der Waals surface area contributed by atoms with Gasteiger partial charge in [0, 0.05) is 44.5 Å². The number of carbonyl (C=O) groups excluding carboxylic acids is 2. The third-order valence-electron chi connectivity index (χ3n) is 8.02. The van der Waals surface area contributed by atoms with Gasteiger partial charge >= 0.3 is 0 Å². The fourth-order valence-corrected chi connectivity index (χ4v) is 7.47. The van der Waals surface area contributed by atoms with Crippen LogP contribution >= 0.6 is 0 Å². The van der Waals surface area contributed by atoms with E-state index in [9.17, 15) is 18.0 Å². The van der Waals surface area contributed by atoms with E-state index in [-0.39, 0.29) is 23.3 Å². The maximum absolute atomic E-state index is 13.5. The van der Waals surface area contributed by atoms with Gasteiger partial charge in [-0.3, -0.25) is 14.5 Å². The van der Waals surface area contributed by atoms with Gasteiger partial charge in [-0.1, -0.05) is 18.6 Å². The Balaban J connectivity index is 1.22. The number of carbonyl (C=O) groups is 2. The Kier molecular flexibility index (Phi) is 8.16. The van der Waals surface area contributed by atoms with E-state index in [0.717, 1.165) is 49.4 Å². The van der Waals surface area contributed by atoms with Gasteiger partial charge in [-0.15, -0.1) is 0 Å². The van der Waals surface area contributed by atoms with E-state index in [4.69, 9.17) is 0 Å². The third-order valence-corrected chi connectivity index (χ3v) is 9.88. The Bertz CT molecular complexity index is 1270. The molecule has 1 atom stereocenters. The zero-order valence-electron chi connectivity index (χ0n) is 22.2. The van der Waals surface area contributed by atoms with Gasteiger partial charge in [0.1, 0.15) is 0 Å². The molecule has 2 aromatic rings. The standard InChI is InChI=1S/C29H38N4O4S/c1-22(34)33-18-6-7-24-19-27(13-14-28(24)33)38(36,37)32-17-5-8-25(21-32)29(35)30-26-11-9-23(10-12-26)20-31-15-3-2-4-16-31/h9-14,19,25H,2-8,15-18,20-21H2,1H3,(H,30,35). The maximum atomic E-state index is 13.5. The minimum atomic E-state index is -3.75. The van der Waals surface area contributed by atoms with Crippen LogP contribution in [0.1, 0.15) is 56.6 Å². The SMILES string of the molecule is CC(=O)N1CCCc2cc(S(=O)(=O)N3CCCC(C(=O)Nc4ccc(CN5CCCCC5)cc4)C3)ccc21. The molecule has 1 unspecified atom stereocenters. The number of amides is 2. The van der Waals surface area contributed by atoms with Crippen LogP contribution in [0.5, 0.6) is 0 Å². The average Bonchev–Trinajstić information content (AvgIpc) is 2.94. The predicted molar refractivity (Wildman–Crippen MR) is 148 cm³/mol. The maximum Gasteiger partial charge on any atom is 0.243 e. The summed E-state index contributed by atoms with van der Waals surface area (Å²) < 4.78 is 28.5. The summed E-state index contributed by atoms with van der Waals surface area (Å²) >= 11 is 0. The topological polar surface area (TPSA) is 90.0 Å². The second-order valence-electron chi connectivity index (χ2n) is 10.8. The van der Waals surface area contributed by atoms with Crippen molar-refractivity contribution in [3.63, 3.8) is 0 Å². The quantitative estimate of drug-likeness (QED) is 0.600. The molecule has 1 N–H and O–H groups in total. The summed E-state index contributed by atoms with van der Waals surface area (Å²) in [5.74, 6) is -0.586. The summed E-state index contributed by atoms with van der Waals surface area (Å²) in [5.41, 5.74) is 3.64. The van der Waals surface area contributed by atoms with Gasteiger partial charge in [0.25, 0.3) is 0 Å². The lowest BCUT2D eigenvalue weighted by Crippen LogP contribution is -2.43. The first-order chi connectivity index (χ1) is 18.3. The second kappa shape index (κ2) is 11.6. The molecule has 2 aromatic carbocycles. The fourth-order valence-electron chi connectivity index (χ4n) is 5.90. The molecule has 2 amide bonds. The average molecular weight is 539 g/mol. The zero-order valence-corrected chi connectivity index (χ0v) is 23.0. The number of hydrogen-bond acceptors (Lipinski definition) is 5. The van der Waals surface area contributed by atoms with Crippen LogP contribution in [-0.2, 0) is 32.6 Å². The molecule has 38 heavy (non-hydrogen) atoms. The lowest BCUT2D eigenvalue weighted by atomic mass is 9.98. The molecule has 2 saturated heterocycles. The molecule has 3 aliphatic rings. The van der Waals surface area contributed by atoms with Crippen molar-refractivity contribution in [2.24, 2.45) is 5.92 Å². The predicted octanol–water partition coefficient (Wildman–Crippen LogP) is 4.01. The molecule has 0 spiro atoms. The molecular weight excluding hydrogens is 500 g/mol. The number of anilines is 2. The van der Waals surface area contributed by atoms with Crippen molar-refractivity contribution < 1.29 is 18.0 Å². The zero-order chi connectivity index (χ0) is 26.7. The van der Waals surface area contributed by atoms with Crippen molar-refractivity contribution in [3.8, 4) is 0 Å². The highest BCUT2D eigenvalue weighted by atomic mass is 32.2. The number of sulfonamides is 1. The van der Waals surface area contributed by atoms with Crippen molar-refractivity contribution in [1.29, 1.82) is 0 Å². The molecule has 0 aromatic heterocycles. The molecule has 2 fully saturated rings. The van der Waals surface area contributed by atoms with E-state index in [0.29, 0.717) is 25.9 Å². The number of nitrogens with zero attached hydrogens (tertiary/aromatic N) is 3. The summed E-state index contributed by atoms with van der Waals surface area (Å²) in [4.78, 5) is 29.5. The van der Waals surface area contributed by atoms with Gasteiger partial charge in [-0.25, -0.2) is 8.42 Å². The number of fused-ring (bicyclic) bond motifs is 1. The van der Waals surface area contributed by atoms with Crippen LogP contribution in [0.25, 0.3) is 0 Å². The van der Waals surface area contributed by atoms with E-state index in [1.54, 1.807) is 23.1 Å². The summed E-state index contributed by atoms with van der Waals surface area (Å²) in [5, 5.41) is 3.00. The lowest BCUT2D eigenvalue weighted by Gasteiger charge is -2.32. The number of nitrogens with one attached hydrogen (secondary N) is 1. The van der Waals surface area contributed by atoms with Crippen molar-refractivity contribution >= 4 is 33.2 Å². The van der Waals surface area contributed by atoms with Gasteiger partial charge in [-0.2, -0.15) is 4.31 Å². The van der Waals surface area contributed by atoms with Crippen LogP contribution in [0.15, 0.2) is 47.4 Å². The van der Waals surface area contributed by atoms with Crippen LogP contribution in [-0.4, -0.2) is 62.2 Å². The van der Waals surface area contributed by atoms with Gasteiger partial charge < -0.3 is 10.2 Å². The first-order valence-corrected chi connectivity index (χ1v) is 15.3. The van der Waals surface area contributed by atoms with Crippen molar-refractivity contribution in [2.45, 2.75) is 63.3 Å². The Labute approximate surface area is 226 Å². The van der Waals surface area contributed by atoms with Crippen LogP contribution in [0.2, 0.25) is 0 Å². The first kappa shape index (κ1) is 26.8. The molecule has 3 aliphatic heterocycles. The van der Waals surface area contributed by atoms with Crippen LogP contribution in [0.3, 0.4) is 0 Å². The number of benzene rings is 2. The van der Waals surface area contributed by atoms with E-state index in [2.05, 4.69) is 22.3 Å². The fraction of sp³-hybridized carbons (Fsp3) is 0.517. The lowest BCUT2D eigenvalue weighted by molar-refractivity contribution is -0.121. The molecule has 0 bridgehead atoms. The molecule has 5 rings (SSSR count). The van der Waals surface area contributed by atoms with Gasteiger partial charge in [0.05, 0.1) is 10.8 Å². The monoisotopic (exact) mass is 538 g/mol. The molecular formula is C29H38N4O4S. The molecule has 0 saturated carbocycles. The molecule has 0 radical (unpaired) electrons. The molecule has 9 heteroatoms. The smallest absolute Gasteiger partial charge is 0.243 e. The third kappa shape index (κ3) is 5.95. The summed E-state index contributed by atoms with van der Waals surface area (Å²) in [6.45, 7) is 5.95. The number of hydrogen-bond donors (Lipinski definition) is 1. The minimum Gasteiger partial charge on any atom is -0.326 e. The molecule has 3 heterocycles. The Morgan fingerprint density at radius 1 is 0.921 bits per heavy atom. The number of aryl methyl sites for hydroxylation is 1. The highest BCUT2D eigenvalue weighted by Gasteiger charge is 2.34. The van der Waals surface area contributed by atoms with Crippen molar-refractivity contribution in [2.75, 3.05) is 42.9 Å². The summed E-state index contributed by atoms with van der Waals surface area (Å²) in [7, 11) is -3.75. The van der Waals surface area contributed by atoms with Crippen molar-refractivity contribution in [3.05, 3.63) is 53.6 Å². The Morgan fingerprint density at radius 3 is 2.42 bits per heavy atom. The number of rotatable bonds is 6. The van der Waals surface area contributed by atoms with Gasteiger partial charge in [0.15, 0.2) is 0 Å². The van der Waals surface area contributed by atoms with E-state index in [1.807, 2.05) is 12.1 Å². The van der Waals surface area contributed by atoms with E-state index >= 15 is 0 Å². The van der Waals surface area contributed by atoms with Gasteiger partial charge in [0.2, 0.25) is 21.8 Å². The molecule has 204 valence electrons. The van der Waals surface area contributed by atoms with Gasteiger partial charge in [-0.05, 0) is 93.1 Å². The molecule has 0 aliphatic carbocycles. The normalized spacial score (nSPS) is 21.1. The van der Waals surface area contributed by atoms with Crippen LogP contribution in [0, 0.1) is 5.92 Å². The highest BCUT2D eigenvalue weighted by Crippen LogP contribution is 2.32. The highest BCUT2D eigenvalue weighted by molar-refractivity contribution is 7.89. The summed E-state index contributed by atoms with van der Waals surface area (Å²) in [6, 6.07) is 13.0. The Morgan fingerprint density at radius 2 is 1.68 bits per heavy atom. The van der Waals surface area contributed by atoms with Crippen molar-refractivity contribution in [1.82, 2.24) is 9.21 Å².